The van der Waals surface area contributed by atoms with Crippen LogP contribution in [0.4, 0.5) is 0 Å². The summed E-state index contributed by atoms with van der Waals surface area (Å²) in [5, 5.41) is 10.5. The summed E-state index contributed by atoms with van der Waals surface area (Å²) >= 11 is 0. The van der Waals surface area contributed by atoms with Crippen molar-refractivity contribution < 1.29 is 38.5 Å². The second-order valence-electron chi connectivity index (χ2n) is 10.6. The number of Topliss-reactive ketones (excluding diaryl/α,β-unsaturated/α-hetero) is 2. The number of aliphatic hydroxyl groups is 1. The van der Waals surface area contributed by atoms with Gasteiger partial charge in [0.05, 0.1) is 23.9 Å². The Morgan fingerprint density at radius 2 is 1.72 bits per heavy atom. The fraction of sp³-hybridized carbons (Fsp3) is 0.667. The lowest BCUT2D eigenvalue weighted by molar-refractivity contribution is -0.211. The van der Waals surface area contributed by atoms with E-state index in [9.17, 15) is 24.3 Å². The molecule has 0 aromatic carbocycles. The van der Waals surface area contributed by atoms with Gasteiger partial charge in [0.1, 0.15) is 17.5 Å². The molecule has 5 aliphatic rings. The highest BCUT2D eigenvalue weighted by atomic mass is 16.7. The first-order valence-corrected chi connectivity index (χ1v) is 11.1. The van der Waals surface area contributed by atoms with Crippen molar-refractivity contribution >= 4 is 23.5 Å². The molecule has 32 heavy (non-hydrogen) atoms. The van der Waals surface area contributed by atoms with Crippen LogP contribution < -0.4 is 0 Å². The van der Waals surface area contributed by atoms with E-state index >= 15 is 0 Å². The molecule has 0 bridgehead atoms. The third-order valence-electron chi connectivity index (χ3n) is 8.50. The zero-order valence-corrected chi connectivity index (χ0v) is 18.9. The van der Waals surface area contributed by atoms with E-state index in [0.29, 0.717) is 22.3 Å². The summed E-state index contributed by atoms with van der Waals surface area (Å²) in [5.41, 5.74) is -1.06. The lowest BCUT2D eigenvalue weighted by Gasteiger charge is -2.53. The molecular weight excluding hydrogens is 416 g/mol. The van der Waals surface area contributed by atoms with E-state index in [1.165, 1.54) is 0 Å². The van der Waals surface area contributed by atoms with Gasteiger partial charge in [-0.25, -0.2) is 0 Å². The first kappa shape index (κ1) is 21.5. The van der Waals surface area contributed by atoms with Crippen LogP contribution in [0.1, 0.15) is 53.9 Å². The maximum absolute atomic E-state index is 14.0. The summed E-state index contributed by atoms with van der Waals surface area (Å²) in [6, 6.07) is 0. The van der Waals surface area contributed by atoms with Gasteiger partial charge in [0.15, 0.2) is 5.78 Å². The maximum Gasteiger partial charge on any atom is 0.314 e. The maximum atomic E-state index is 14.0. The normalized spacial score (nSPS) is 42.7. The smallest absolute Gasteiger partial charge is 0.314 e. The highest BCUT2D eigenvalue weighted by molar-refractivity contribution is 6.01. The summed E-state index contributed by atoms with van der Waals surface area (Å²) in [6.45, 7) is 8.14. The number of cyclic esters (lactones) is 1. The number of aliphatic hydroxyl groups excluding tert-OH is 1. The molecule has 0 aromatic heterocycles. The predicted molar refractivity (Wildman–Crippen MR) is 109 cm³/mol. The molecule has 0 unspecified atom stereocenters. The molecule has 8 nitrogen and oxygen atoms in total. The van der Waals surface area contributed by atoms with Crippen molar-refractivity contribution in [3.63, 3.8) is 0 Å². The van der Waals surface area contributed by atoms with Crippen LogP contribution in [-0.2, 0) is 33.4 Å². The van der Waals surface area contributed by atoms with Crippen LogP contribution in [0, 0.1) is 22.7 Å². The van der Waals surface area contributed by atoms with Gasteiger partial charge >= 0.3 is 11.9 Å². The van der Waals surface area contributed by atoms with Crippen LogP contribution in [0.2, 0.25) is 0 Å². The second-order valence-corrected chi connectivity index (χ2v) is 10.6. The van der Waals surface area contributed by atoms with E-state index in [4.69, 9.17) is 14.2 Å². The molecule has 8 heteroatoms. The SMILES string of the molecule is C[C@@H]1O[C@@H]2OC(=O)[C@@]3(C)CC4=C(CO)C5=C(CC(=O)[C@@]4(C)[C@H](C1=O)[C@@H]23)C(C)(C)OC(=O)C5. The number of carbonyl (C=O) groups excluding carboxylic acids is 4. The predicted octanol–water partition coefficient (Wildman–Crippen LogP) is 1.79. The minimum absolute atomic E-state index is 0.00103. The Hall–Kier alpha value is -2.32. The standard InChI is InChI=1S/C24H28O8/c1-10-19(28)17-18-20(30-10)31-21(29)23(18,4)8-14-12(9-25)11-6-16(27)32-22(2,3)13(11)7-15(26)24(14,17)5/h10,17-18,20,25H,6-9H2,1-5H3/t10-,17-,18-,20+,23-,24-/m0/s1. The molecule has 0 spiro atoms. The number of esters is 2. The average Bonchev–Trinajstić information content (AvgIpc) is 2.88. The van der Waals surface area contributed by atoms with E-state index in [-0.39, 0.29) is 30.8 Å². The Labute approximate surface area is 186 Å². The Bertz CT molecular complexity index is 1050. The summed E-state index contributed by atoms with van der Waals surface area (Å²) < 4.78 is 16.8. The first-order chi connectivity index (χ1) is 14.9. The van der Waals surface area contributed by atoms with Crippen molar-refractivity contribution in [2.45, 2.75) is 71.9 Å². The molecule has 172 valence electrons. The fourth-order valence-electron chi connectivity index (χ4n) is 6.74. The minimum Gasteiger partial charge on any atom is -0.455 e. The average molecular weight is 444 g/mol. The second kappa shape index (κ2) is 6.38. The molecule has 2 saturated heterocycles. The highest BCUT2D eigenvalue weighted by Gasteiger charge is 2.71. The Morgan fingerprint density at radius 1 is 1.03 bits per heavy atom. The van der Waals surface area contributed by atoms with Crippen LogP contribution >= 0.6 is 0 Å². The van der Waals surface area contributed by atoms with Crippen molar-refractivity contribution in [2.75, 3.05) is 6.61 Å². The summed E-state index contributed by atoms with van der Waals surface area (Å²) in [7, 11) is 0. The summed E-state index contributed by atoms with van der Waals surface area (Å²) in [6.07, 6.45) is -1.63. The number of fused-ring (bicyclic) bond motifs is 2. The van der Waals surface area contributed by atoms with Gasteiger partial charge in [0, 0.05) is 18.3 Å². The van der Waals surface area contributed by atoms with Gasteiger partial charge in [0.2, 0.25) is 6.29 Å². The number of ether oxygens (including phenoxy) is 3. The fourth-order valence-corrected chi connectivity index (χ4v) is 6.74. The molecule has 2 aliphatic carbocycles. The van der Waals surface area contributed by atoms with Crippen molar-refractivity contribution in [2.24, 2.45) is 22.7 Å². The van der Waals surface area contributed by atoms with E-state index in [0.717, 1.165) is 0 Å². The molecule has 1 N–H and O–H groups in total. The van der Waals surface area contributed by atoms with Gasteiger partial charge < -0.3 is 19.3 Å². The van der Waals surface area contributed by atoms with Gasteiger partial charge in [-0.05, 0) is 63.3 Å². The van der Waals surface area contributed by atoms with E-state index in [1.807, 2.05) is 0 Å². The van der Waals surface area contributed by atoms with Gasteiger partial charge in [-0.1, -0.05) is 0 Å². The van der Waals surface area contributed by atoms with Crippen molar-refractivity contribution in [1.29, 1.82) is 0 Å². The van der Waals surface area contributed by atoms with Crippen LogP contribution in [0.5, 0.6) is 0 Å². The lowest BCUT2D eigenvalue weighted by atomic mass is 9.48. The quantitative estimate of drug-likeness (QED) is 0.609. The highest BCUT2D eigenvalue weighted by Crippen LogP contribution is 2.65. The van der Waals surface area contributed by atoms with Gasteiger partial charge in [-0.3, -0.25) is 19.2 Å². The van der Waals surface area contributed by atoms with Crippen LogP contribution in [0.15, 0.2) is 22.3 Å². The number of rotatable bonds is 1. The molecule has 3 fully saturated rings. The zero-order valence-electron chi connectivity index (χ0n) is 18.9. The van der Waals surface area contributed by atoms with Gasteiger partial charge in [-0.2, -0.15) is 0 Å². The molecule has 1 saturated carbocycles. The topological polar surface area (TPSA) is 116 Å². The largest absolute Gasteiger partial charge is 0.455 e. The van der Waals surface area contributed by atoms with Crippen molar-refractivity contribution in [3.8, 4) is 0 Å². The number of hydrogen-bond donors (Lipinski definition) is 1. The number of ketones is 2. The van der Waals surface area contributed by atoms with Crippen LogP contribution in [0.25, 0.3) is 0 Å². The monoisotopic (exact) mass is 444 g/mol. The molecule has 0 amide bonds. The van der Waals surface area contributed by atoms with Crippen LogP contribution in [0.3, 0.4) is 0 Å². The van der Waals surface area contributed by atoms with Gasteiger partial charge in [-0.15, -0.1) is 0 Å². The van der Waals surface area contributed by atoms with Gasteiger partial charge in [0.25, 0.3) is 0 Å². The summed E-state index contributed by atoms with van der Waals surface area (Å²) in [4.78, 5) is 52.9. The molecule has 0 aromatic rings. The Kier molecular flexibility index (Phi) is 4.29. The number of hydrogen-bond acceptors (Lipinski definition) is 8. The molecular formula is C24H28O8. The molecule has 3 heterocycles. The third kappa shape index (κ3) is 2.45. The van der Waals surface area contributed by atoms with E-state index < -0.39 is 59.2 Å². The van der Waals surface area contributed by atoms with Crippen molar-refractivity contribution in [3.05, 3.63) is 22.3 Å². The summed E-state index contributed by atoms with van der Waals surface area (Å²) in [5.74, 6) is -2.76. The first-order valence-electron chi connectivity index (χ1n) is 11.1. The Morgan fingerprint density at radius 3 is 2.38 bits per heavy atom. The lowest BCUT2D eigenvalue weighted by Crippen LogP contribution is -2.61. The van der Waals surface area contributed by atoms with Crippen molar-refractivity contribution in [1.82, 2.24) is 0 Å². The van der Waals surface area contributed by atoms with E-state index in [2.05, 4.69) is 0 Å². The molecule has 3 aliphatic heterocycles. The molecule has 5 rings (SSSR count). The van der Waals surface area contributed by atoms with Crippen LogP contribution in [-0.4, -0.2) is 53.2 Å². The molecule has 0 radical (unpaired) electrons. The van der Waals surface area contributed by atoms with E-state index in [1.54, 1.807) is 34.6 Å². The molecule has 6 atom stereocenters. The number of allylic oxidation sites excluding steroid dienone is 1. The number of carbonyl (C=O) groups is 4. The Balaban J connectivity index is 1.81. The third-order valence-corrected chi connectivity index (χ3v) is 8.50. The zero-order chi connectivity index (χ0) is 23.4. The minimum atomic E-state index is -1.25.